The van der Waals surface area contributed by atoms with Gasteiger partial charge in [0.1, 0.15) is 0 Å². The third kappa shape index (κ3) is 11.1. The Morgan fingerprint density at radius 2 is 1.11 bits per heavy atom. The van der Waals surface area contributed by atoms with E-state index in [1.54, 1.807) is 0 Å². The minimum atomic E-state index is -2.44. The first-order valence-corrected chi connectivity index (χ1v) is 12.3. The van der Waals surface area contributed by atoms with Gasteiger partial charge in [0.2, 0.25) is 5.28 Å². The molecule has 0 spiro atoms. The second-order valence-corrected chi connectivity index (χ2v) is 9.96. The van der Waals surface area contributed by atoms with Crippen LogP contribution in [-0.2, 0) is 9.13 Å². The lowest BCUT2D eigenvalue weighted by Gasteiger charge is -2.41. The van der Waals surface area contributed by atoms with Crippen LogP contribution in [0.3, 0.4) is 0 Å². The number of rotatable bonds is 17. The molecular weight excluding hydrogens is 353 g/mol. The molecular formula is C23H45NO2P+. The van der Waals surface area contributed by atoms with Crippen LogP contribution in [0.4, 0.5) is 0 Å². The second kappa shape index (κ2) is 15.3. The summed E-state index contributed by atoms with van der Waals surface area (Å²) < 4.78 is 24.6. The van der Waals surface area contributed by atoms with Gasteiger partial charge in [0, 0.05) is 12.8 Å². The van der Waals surface area contributed by atoms with Gasteiger partial charge in [0.15, 0.2) is 0 Å². The highest BCUT2D eigenvalue weighted by Gasteiger charge is 2.47. The van der Waals surface area contributed by atoms with Crippen molar-refractivity contribution in [2.45, 2.75) is 103 Å². The molecule has 0 heterocycles. The Labute approximate surface area is 169 Å². The molecule has 0 aromatic carbocycles. The van der Waals surface area contributed by atoms with E-state index in [2.05, 4.69) is 38.2 Å². The second-order valence-electron chi connectivity index (χ2n) is 8.62. The summed E-state index contributed by atoms with van der Waals surface area (Å²) in [6.07, 6.45) is 23.5. The Hall–Kier alpha value is -0.660. The summed E-state index contributed by atoms with van der Waals surface area (Å²) in [5.74, 6) is 0. The lowest BCUT2D eigenvalue weighted by atomic mass is 10.00. The molecule has 0 rings (SSSR count). The van der Waals surface area contributed by atoms with E-state index in [-0.39, 0.29) is 0 Å². The fourth-order valence-electron chi connectivity index (χ4n) is 3.61. The first-order chi connectivity index (χ1) is 12.8. The van der Waals surface area contributed by atoms with Crippen LogP contribution in [0.5, 0.6) is 0 Å². The van der Waals surface area contributed by atoms with Gasteiger partial charge in [0.25, 0.3) is 0 Å². The molecule has 0 N–H and O–H groups in total. The van der Waals surface area contributed by atoms with Gasteiger partial charge in [-0.1, -0.05) is 51.0 Å². The zero-order valence-electron chi connectivity index (χ0n) is 18.7. The summed E-state index contributed by atoms with van der Waals surface area (Å²) in [4.78, 5) is 0. The van der Waals surface area contributed by atoms with Gasteiger partial charge in [-0.2, -0.15) is 0 Å². The summed E-state index contributed by atoms with van der Waals surface area (Å²) in [6, 6.07) is 0. The summed E-state index contributed by atoms with van der Waals surface area (Å²) in [5.41, 5.74) is 0. The third-order valence-corrected chi connectivity index (χ3v) is 7.21. The Balaban J connectivity index is 3.99. The highest BCUT2D eigenvalue weighted by Crippen LogP contribution is 2.43. The molecule has 1 unspecified atom stereocenters. The van der Waals surface area contributed by atoms with E-state index in [1.807, 2.05) is 21.1 Å². The van der Waals surface area contributed by atoms with E-state index in [0.29, 0.717) is 4.48 Å². The van der Waals surface area contributed by atoms with Crippen molar-refractivity contribution in [3.63, 3.8) is 0 Å². The van der Waals surface area contributed by atoms with Gasteiger partial charge in [-0.15, -0.1) is 0 Å². The maximum absolute atomic E-state index is 12.0. The zero-order valence-corrected chi connectivity index (χ0v) is 19.6. The molecule has 1 atom stereocenters. The maximum Gasteiger partial charge on any atom is 0.378 e. The van der Waals surface area contributed by atoms with Crippen molar-refractivity contribution in [2.75, 3.05) is 21.1 Å². The van der Waals surface area contributed by atoms with Crippen LogP contribution in [0.25, 0.3) is 0 Å². The van der Waals surface area contributed by atoms with Crippen LogP contribution in [0, 0.1) is 0 Å². The van der Waals surface area contributed by atoms with Crippen molar-refractivity contribution in [2.24, 2.45) is 0 Å². The Kier molecular flexibility index (Phi) is 14.9. The van der Waals surface area contributed by atoms with Crippen LogP contribution in [0.15, 0.2) is 24.3 Å². The molecule has 0 aromatic rings. The van der Waals surface area contributed by atoms with E-state index in [1.165, 1.54) is 38.5 Å². The molecule has 3 nitrogen and oxygen atoms in total. The summed E-state index contributed by atoms with van der Waals surface area (Å²) >= 11 is 0. The Morgan fingerprint density at radius 1 is 0.667 bits per heavy atom. The maximum atomic E-state index is 12.0. The number of hydrogen-bond donors (Lipinski definition) is 0. The van der Waals surface area contributed by atoms with Crippen LogP contribution in [0.2, 0.25) is 0 Å². The summed E-state index contributed by atoms with van der Waals surface area (Å²) in [7, 11) is 3.61. The molecule has 0 amide bonds. The van der Waals surface area contributed by atoms with E-state index in [0.717, 1.165) is 44.9 Å². The number of allylic oxidation sites excluding steroid dienone is 4. The zero-order chi connectivity index (χ0) is 20.6. The number of nitrogens with zero attached hydrogens (tertiary/aromatic N) is 1. The van der Waals surface area contributed by atoms with Crippen molar-refractivity contribution in [3.05, 3.63) is 24.3 Å². The summed E-state index contributed by atoms with van der Waals surface area (Å²) in [5, 5.41) is -0.613. The van der Waals surface area contributed by atoms with E-state index >= 15 is 0 Å². The Bertz CT molecular complexity index is 481. The monoisotopic (exact) mass is 398 g/mol. The van der Waals surface area contributed by atoms with E-state index in [4.69, 9.17) is 0 Å². The molecule has 0 bridgehead atoms. The SMILES string of the molecule is CCCCC=CCCCCC=CCCCCC(CCC)(P(=O)=O)[N+](C)(C)C. The van der Waals surface area contributed by atoms with Crippen LogP contribution < -0.4 is 0 Å². The normalized spacial score (nSPS) is 14.9. The number of unbranched alkanes of at least 4 members (excludes halogenated alkanes) is 7. The Morgan fingerprint density at radius 3 is 1.48 bits per heavy atom. The number of quaternary nitrogens is 1. The fraction of sp³-hybridized carbons (Fsp3) is 0.826. The molecule has 158 valence electrons. The topological polar surface area (TPSA) is 34.1 Å². The third-order valence-electron chi connectivity index (χ3n) is 5.49. The highest BCUT2D eigenvalue weighted by molar-refractivity contribution is 7.32. The lowest BCUT2D eigenvalue weighted by molar-refractivity contribution is -0.908. The van der Waals surface area contributed by atoms with Crippen LogP contribution in [-0.4, -0.2) is 30.9 Å². The molecule has 0 aromatic heterocycles. The first kappa shape index (κ1) is 26.3. The molecule has 27 heavy (non-hydrogen) atoms. The molecule has 0 aliphatic heterocycles. The predicted molar refractivity (Wildman–Crippen MR) is 119 cm³/mol. The molecule has 0 aliphatic rings. The number of hydrogen-bond acceptors (Lipinski definition) is 2. The van der Waals surface area contributed by atoms with Gasteiger partial charge >= 0.3 is 7.68 Å². The largest absolute Gasteiger partial charge is 0.378 e. The van der Waals surface area contributed by atoms with Gasteiger partial charge in [-0.25, -0.2) is 9.13 Å². The minimum absolute atomic E-state index is 0.502. The molecule has 0 aliphatic carbocycles. The lowest BCUT2D eigenvalue weighted by Crippen LogP contribution is -2.53. The highest BCUT2D eigenvalue weighted by atomic mass is 31.1. The van der Waals surface area contributed by atoms with Crippen LogP contribution >= 0.6 is 7.68 Å². The fourth-order valence-corrected chi connectivity index (χ4v) is 4.85. The van der Waals surface area contributed by atoms with Crippen molar-refractivity contribution in [3.8, 4) is 0 Å². The average Bonchev–Trinajstić information content (AvgIpc) is 2.59. The standard InChI is InChI=1S/C23H45NO2P/c1-6-8-9-10-11-12-13-14-15-16-17-18-19-20-22-23(21-7-2,27(25)26)24(3,4)5/h10-11,16-17H,6-9,12-15,18-22H2,1-5H3/q+1. The van der Waals surface area contributed by atoms with Crippen molar-refractivity contribution in [1.82, 2.24) is 0 Å². The predicted octanol–water partition coefficient (Wildman–Crippen LogP) is 7.79. The van der Waals surface area contributed by atoms with Gasteiger partial charge in [-0.05, 0) is 57.8 Å². The first-order valence-electron chi connectivity index (χ1n) is 11.1. The van der Waals surface area contributed by atoms with Crippen molar-refractivity contribution in [1.29, 1.82) is 0 Å². The quantitative estimate of drug-likeness (QED) is 0.108. The van der Waals surface area contributed by atoms with E-state index < -0.39 is 13.0 Å². The van der Waals surface area contributed by atoms with Crippen molar-refractivity contribution < 1.29 is 13.6 Å². The summed E-state index contributed by atoms with van der Waals surface area (Å²) in [6.45, 7) is 4.31. The molecule has 0 saturated heterocycles. The molecule has 0 fully saturated rings. The molecule has 0 radical (unpaired) electrons. The van der Waals surface area contributed by atoms with Crippen molar-refractivity contribution >= 4 is 7.68 Å². The molecule has 4 heteroatoms. The van der Waals surface area contributed by atoms with Gasteiger partial charge in [0.05, 0.1) is 21.1 Å². The smallest absolute Gasteiger partial charge is 0.314 e. The van der Waals surface area contributed by atoms with Gasteiger partial charge in [-0.3, -0.25) is 0 Å². The average molecular weight is 399 g/mol. The van der Waals surface area contributed by atoms with Gasteiger partial charge < -0.3 is 4.48 Å². The minimum Gasteiger partial charge on any atom is -0.314 e. The molecule has 0 saturated carbocycles. The van der Waals surface area contributed by atoms with E-state index in [9.17, 15) is 9.13 Å². The van der Waals surface area contributed by atoms with Crippen LogP contribution in [0.1, 0.15) is 97.3 Å².